The van der Waals surface area contributed by atoms with Crippen molar-refractivity contribution in [2.24, 2.45) is 5.10 Å². The van der Waals surface area contributed by atoms with Crippen LogP contribution in [0, 0.1) is 0 Å². The predicted molar refractivity (Wildman–Crippen MR) is 91.1 cm³/mol. The van der Waals surface area contributed by atoms with Gasteiger partial charge in [0.1, 0.15) is 5.58 Å². The van der Waals surface area contributed by atoms with Crippen LogP contribution in [0.25, 0.3) is 11.0 Å². The lowest BCUT2D eigenvalue weighted by molar-refractivity contribution is 0.0929. The van der Waals surface area contributed by atoms with Crippen molar-refractivity contribution in [1.82, 2.24) is 9.99 Å². The van der Waals surface area contributed by atoms with Crippen LogP contribution in [0.5, 0.6) is 0 Å². The molecule has 23 heavy (non-hydrogen) atoms. The quantitative estimate of drug-likeness (QED) is 0.575. The van der Waals surface area contributed by atoms with Crippen LogP contribution in [0.15, 0.2) is 52.2 Å². The van der Waals surface area contributed by atoms with Crippen molar-refractivity contribution in [3.05, 3.63) is 59.1 Å². The molecule has 0 spiro atoms. The van der Waals surface area contributed by atoms with E-state index in [1.807, 2.05) is 18.5 Å². The van der Waals surface area contributed by atoms with Gasteiger partial charge in [-0.3, -0.25) is 4.79 Å². The number of nitrogens with zero attached hydrogens (tertiary/aromatic N) is 2. The number of hydrogen-bond acceptors (Lipinski definition) is 3. The molecule has 6 heteroatoms. The van der Waals surface area contributed by atoms with Crippen molar-refractivity contribution in [1.29, 1.82) is 0 Å². The first-order chi connectivity index (χ1) is 11.0. The number of furan rings is 1. The Morgan fingerprint density at radius 3 is 2.91 bits per heavy atom. The van der Waals surface area contributed by atoms with E-state index in [9.17, 15) is 4.79 Å². The van der Waals surface area contributed by atoms with E-state index in [4.69, 9.17) is 16.0 Å². The molecule has 0 saturated carbocycles. The zero-order valence-corrected chi connectivity index (χ0v) is 13.5. The number of halogens is 1. The predicted octanol–water partition coefficient (Wildman–Crippen LogP) is 4.23. The maximum Gasteiger partial charge on any atom is 0.307 e. The lowest BCUT2D eigenvalue weighted by Gasteiger charge is -2.04. The summed E-state index contributed by atoms with van der Waals surface area (Å²) in [7, 11) is 0. The SMILES string of the molecule is CC(C)n1ccc(/C=N\NC(=O)c2cc3cc(Cl)ccc3o2)c1. The minimum atomic E-state index is -0.406. The number of hydrazone groups is 1. The highest BCUT2D eigenvalue weighted by Gasteiger charge is 2.11. The van der Waals surface area contributed by atoms with Crippen LogP contribution in [0.2, 0.25) is 5.02 Å². The molecule has 1 amide bonds. The summed E-state index contributed by atoms with van der Waals surface area (Å²) in [6, 6.07) is 9.14. The van der Waals surface area contributed by atoms with Gasteiger partial charge in [0.2, 0.25) is 0 Å². The van der Waals surface area contributed by atoms with E-state index in [2.05, 4.69) is 28.9 Å². The number of rotatable bonds is 4. The highest BCUT2D eigenvalue weighted by Crippen LogP contribution is 2.22. The summed E-state index contributed by atoms with van der Waals surface area (Å²) in [5.74, 6) is -0.212. The summed E-state index contributed by atoms with van der Waals surface area (Å²) in [5.41, 5.74) is 3.98. The highest BCUT2D eigenvalue weighted by molar-refractivity contribution is 6.31. The molecule has 1 aromatic carbocycles. The molecule has 5 nitrogen and oxygen atoms in total. The molecule has 0 atom stereocenters. The van der Waals surface area contributed by atoms with E-state index in [1.165, 1.54) is 0 Å². The third kappa shape index (κ3) is 3.46. The number of benzene rings is 1. The molecule has 0 unspecified atom stereocenters. The Balaban J connectivity index is 1.68. The highest BCUT2D eigenvalue weighted by atomic mass is 35.5. The van der Waals surface area contributed by atoms with Crippen LogP contribution in [0.3, 0.4) is 0 Å². The Bertz CT molecular complexity index is 877. The average molecular weight is 330 g/mol. The monoisotopic (exact) mass is 329 g/mol. The molecule has 3 aromatic rings. The van der Waals surface area contributed by atoms with Gasteiger partial charge >= 0.3 is 5.91 Å². The second-order valence-electron chi connectivity index (χ2n) is 5.48. The summed E-state index contributed by atoms with van der Waals surface area (Å²) in [6.07, 6.45) is 5.52. The van der Waals surface area contributed by atoms with Crippen molar-refractivity contribution in [3.8, 4) is 0 Å². The van der Waals surface area contributed by atoms with E-state index in [0.717, 1.165) is 10.9 Å². The van der Waals surface area contributed by atoms with Crippen molar-refractivity contribution >= 4 is 34.7 Å². The van der Waals surface area contributed by atoms with Gasteiger partial charge in [-0.25, -0.2) is 5.43 Å². The minimum Gasteiger partial charge on any atom is -0.451 e. The van der Waals surface area contributed by atoms with Crippen LogP contribution >= 0.6 is 11.6 Å². The summed E-state index contributed by atoms with van der Waals surface area (Å²) in [6.45, 7) is 4.19. The third-order valence-electron chi connectivity index (χ3n) is 3.42. The number of carbonyl (C=O) groups excluding carboxylic acids is 1. The first-order valence-corrected chi connectivity index (χ1v) is 7.61. The second kappa shape index (κ2) is 6.30. The maximum atomic E-state index is 12.0. The number of hydrogen-bond donors (Lipinski definition) is 1. The van der Waals surface area contributed by atoms with Gasteiger partial charge in [0, 0.05) is 34.4 Å². The largest absolute Gasteiger partial charge is 0.451 e. The maximum absolute atomic E-state index is 12.0. The molecule has 1 N–H and O–H groups in total. The Kier molecular flexibility index (Phi) is 4.21. The summed E-state index contributed by atoms with van der Waals surface area (Å²) >= 11 is 5.92. The summed E-state index contributed by atoms with van der Waals surface area (Å²) in [5, 5.41) is 5.33. The van der Waals surface area contributed by atoms with Crippen LogP contribution in [-0.4, -0.2) is 16.7 Å². The number of carbonyl (C=O) groups is 1. The van der Waals surface area contributed by atoms with E-state index in [0.29, 0.717) is 16.6 Å². The lowest BCUT2D eigenvalue weighted by Crippen LogP contribution is -2.16. The van der Waals surface area contributed by atoms with E-state index in [1.54, 1.807) is 30.5 Å². The second-order valence-corrected chi connectivity index (χ2v) is 5.91. The molecular formula is C17H16ClN3O2. The zero-order valence-electron chi connectivity index (χ0n) is 12.8. The van der Waals surface area contributed by atoms with Gasteiger partial charge in [-0.1, -0.05) is 11.6 Å². The van der Waals surface area contributed by atoms with Gasteiger partial charge in [-0.15, -0.1) is 0 Å². The van der Waals surface area contributed by atoms with Crippen molar-refractivity contribution in [3.63, 3.8) is 0 Å². The molecule has 2 heterocycles. The Hall–Kier alpha value is -2.53. The first kappa shape index (κ1) is 15.4. The number of nitrogens with one attached hydrogen (secondary N) is 1. The Labute approximate surface area is 138 Å². The smallest absolute Gasteiger partial charge is 0.307 e. The molecule has 0 saturated heterocycles. The van der Waals surface area contributed by atoms with E-state index >= 15 is 0 Å². The first-order valence-electron chi connectivity index (χ1n) is 7.23. The summed E-state index contributed by atoms with van der Waals surface area (Å²) < 4.78 is 7.54. The van der Waals surface area contributed by atoms with Crippen LogP contribution in [0.1, 0.15) is 36.0 Å². The van der Waals surface area contributed by atoms with Crippen LogP contribution in [-0.2, 0) is 0 Å². The van der Waals surface area contributed by atoms with Gasteiger partial charge in [-0.2, -0.15) is 5.10 Å². The van der Waals surface area contributed by atoms with E-state index in [-0.39, 0.29) is 5.76 Å². The molecule has 0 aliphatic heterocycles. The Morgan fingerprint density at radius 1 is 1.35 bits per heavy atom. The standard InChI is InChI=1S/C17H16ClN3O2/c1-11(2)21-6-5-12(10-21)9-19-20-17(22)16-8-13-7-14(18)3-4-15(13)23-16/h3-11H,1-2H3,(H,20,22)/b19-9-. The van der Waals surface area contributed by atoms with Gasteiger partial charge in [-0.05, 0) is 44.2 Å². The van der Waals surface area contributed by atoms with Gasteiger partial charge in [0.25, 0.3) is 0 Å². The van der Waals surface area contributed by atoms with Crippen molar-refractivity contribution < 1.29 is 9.21 Å². The molecule has 0 radical (unpaired) electrons. The van der Waals surface area contributed by atoms with E-state index < -0.39 is 5.91 Å². The molecule has 0 fully saturated rings. The molecule has 3 rings (SSSR count). The molecule has 118 valence electrons. The zero-order chi connectivity index (χ0) is 16.4. The fourth-order valence-corrected chi connectivity index (χ4v) is 2.36. The number of aromatic nitrogens is 1. The number of fused-ring (bicyclic) bond motifs is 1. The average Bonchev–Trinajstić information content (AvgIpc) is 3.13. The minimum absolute atomic E-state index is 0.194. The van der Waals surface area contributed by atoms with Crippen LogP contribution < -0.4 is 5.43 Å². The molecule has 2 aromatic heterocycles. The fraction of sp³-hybridized carbons (Fsp3) is 0.176. The van der Waals surface area contributed by atoms with Gasteiger partial charge in [0.15, 0.2) is 5.76 Å². The fourth-order valence-electron chi connectivity index (χ4n) is 2.17. The topological polar surface area (TPSA) is 59.5 Å². The molecule has 0 bridgehead atoms. The Morgan fingerprint density at radius 2 is 2.17 bits per heavy atom. The number of amides is 1. The van der Waals surface area contributed by atoms with Crippen molar-refractivity contribution in [2.75, 3.05) is 0 Å². The lowest BCUT2D eigenvalue weighted by atomic mass is 10.2. The molecule has 0 aliphatic rings. The summed E-state index contributed by atoms with van der Waals surface area (Å²) in [4.78, 5) is 12.0. The van der Waals surface area contributed by atoms with Gasteiger partial charge < -0.3 is 8.98 Å². The van der Waals surface area contributed by atoms with Crippen molar-refractivity contribution in [2.45, 2.75) is 19.9 Å². The normalized spacial score (nSPS) is 11.7. The van der Waals surface area contributed by atoms with Crippen LogP contribution in [0.4, 0.5) is 0 Å². The third-order valence-corrected chi connectivity index (χ3v) is 3.65. The molecule has 0 aliphatic carbocycles. The molecular weight excluding hydrogens is 314 g/mol. The van der Waals surface area contributed by atoms with Gasteiger partial charge in [0.05, 0.1) is 6.21 Å².